The summed E-state index contributed by atoms with van der Waals surface area (Å²) in [6.45, 7) is 3.95. The predicted molar refractivity (Wildman–Crippen MR) is 123 cm³/mol. The Balaban J connectivity index is 1.62. The van der Waals surface area contributed by atoms with Crippen molar-refractivity contribution in [1.29, 1.82) is 0 Å². The molecule has 0 bridgehead atoms. The van der Waals surface area contributed by atoms with Crippen LogP contribution in [0.2, 0.25) is 0 Å². The molecule has 0 saturated heterocycles. The van der Waals surface area contributed by atoms with Gasteiger partial charge in [-0.15, -0.1) is 11.8 Å². The average molecular weight is 435 g/mol. The lowest BCUT2D eigenvalue weighted by atomic mass is 10.1. The van der Waals surface area contributed by atoms with Gasteiger partial charge in [0.2, 0.25) is 5.91 Å². The van der Waals surface area contributed by atoms with Gasteiger partial charge in [-0.1, -0.05) is 35.9 Å². The van der Waals surface area contributed by atoms with Gasteiger partial charge in [-0.25, -0.2) is 4.79 Å². The lowest BCUT2D eigenvalue weighted by molar-refractivity contribution is -0.113. The van der Waals surface area contributed by atoms with Gasteiger partial charge >= 0.3 is 5.97 Å². The Kier molecular flexibility index (Phi) is 7.10. The fraction of sp³-hybridized carbons (Fsp3) is 0.125. The van der Waals surface area contributed by atoms with Crippen LogP contribution in [0.3, 0.4) is 0 Å². The lowest BCUT2D eigenvalue weighted by Gasteiger charge is -2.10. The molecule has 0 unspecified atom stereocenters. The van der Waals surface area contributed by atoms with Crippen molar-refractivity contribution in [2.75, 3.05) is 16.4 Å². The van der Waals surface area contributed by atoms with Gasteiger partial charge in [-0.3, -0.25) is 9.59 Å². The highest BCUT2D eigenvalue weighted by Crippen LogP contribution is 2.23. The molecule has 31 heavy (non-hydrogen) atoms. The van der Waals surface area contributed by atoms with E-state index in [1.165, 1.54) is 23.9 Å². The van der Waals surface area contributed by atoms with E-state index in [0.717, 1.165) is 21.7 Å². The Bertz CT molecular complexity index is 1140. The third-order valence-electron chi connectivity index (χ3n) is 4.52. The predicted octanol–water partition coefficient (Wildman–Crippen LogP) is 4.98. The largest absolute Gasteiger partial charge is 0.478 e. The molecular formula is C24H22N2O4S. The molecule has 3 N–H and O–H groups in total. The van der Waals surface area contributed by atoms with E-state index in [1.807, 2.05) is 38.1 Å². The van der Waals surface area contributed by atoms with Gasteiger partial charge in [0.25, 0.3) is 5.91 Å². The number of hydrogen-bond donors (Lipinski definition) is 3. The van der Waals surface area contributed by atoms with Gasteiger partial charge in [0.05, 0.1) is 16.9 Å². The number of thioether (sulfide) groups is 1. The number of benzene rings is 3. The number of aromatic carboxylic acids is 1. The Morgan fingerprint density at radius 3 is 2.32 bits per heavy atom. The minimum absolute atomic E-state index is 0.0615. The van der Waals surface area contributed by atoms with Gasteiger partial charge in [-0.05, 0) is 55.8 Å². The minimum Gasteiger partial charge on any atom is -0.478 e. The molecule has 3 rings (SSSR count). The molecule has 6 nitrogen and oxygen atoms in total. The molecule has 3 aromatic carbocycles. The van der Waals surface area contributed by atoms with Crippen LogP contribution < -0.4 is 10.6 Å². The first-order chi connectivity index (χ1) is 14.8. The molecule has 2 amide bonds. The molecule has 0 spiro atoms. The fourth-order valence-corrected chi connectivity index (χ4v) is 3.77. The molecule has 0 aliphatic carbocycles. The van der Waals surface area contributed by atoms with E-state index >= 15 is 0 Å². The smallest absolute Gasteiger partial charge is 0.336 e. The molecule has 0 aromatic heterocycles. The summed E-state index contributed by atoms with van der Waals surface area (Å²) >= 11 is 1.34. The van der Waals surface area contributed by atoms with E-state index < -0.39 is 11.9 Å². The second-order valence-electron chi connectivity index (χ2n) is 6.99. The molecule has 0 radical (unpaired) electrons. The minimum atomic E-state index is -1.16. The van der Waals surface area contributed by atoms with Crippen molar-refractivity contribution >= 4 is 40.9 Å². The average Bonchev–Trinajstić information content (AvgIpc) is 2.74. The number of carbonyl (C=O) groups excluding carboxylic acids is 2. The zero-order chi connectivity index (χ0) is 22.4. The quantitative estimate of drug-likeness (QED) is 0.456. The van der Waals surface area contributed by atoms with Crippen molar-refractivity contribution in [3.63, 3.8) is 0 Å². The number of amides is 2. The number of rotatable bonds is 7. The summed E-state index contributed by atoms with van der Waals surface area (Å²) in [5, 5.41) is 14.9. The van der Waals surface area contributed by atoms with Crippen molar-refractivity contribution in [2.45, 2.75) is 18.7 Å². The zero-order valence-corrected chi connectivity index (χ0v) is 18.0. The van der Waals surface area contributed by atoms with Crippen LogP contribution in [-0.4, -0.2) is 28.6 Å². The molecule has 0 aliphatic heterocycles. The number of nitrogens with one attached hydrogen (secondary N) is 2. The normalized spacial score (nSPS) is 10.4. The van der Waals surface area contributed by atoms with E-state index in [0.29, 0.717) is 5.69 Å². The Morgan fingerprint density at radius 2 is 1.61 bits per heavy atom. The van der Waals surface area contributed by atoms with Crippen molar-refractivity contribution in [3.8, 4) is 0 Å². The molecule has 7 heteroatoms. The second-order valence-corrected chi connectivity index (χ2v) is 8.04. The van der Waals surface area contributed by atoms with Crippen LogP contribution in [0.15, 0.2) is 71.6 Å². The summed E-state index contributed by atoms with van der Waals surface area (Å²) < 4.78 is 0. The van der Waals surface area contributed by atoms with Crippen LogP contribution in [0.5, 0.6) is 0 Å². The summed E-state index contributed by atoms with van der Waals surface area (Å²) in [5.74, 6) is -1.58. The van der Waals surface area contributed by atoms with E-state index in [1.54, 1.807) is 30.3 Å². The van der Waals surface area contributed by atoms with Gasteiger partial charge in [0.1, 0.15) is 0 Å². The molecule has 158 valence electrons. The maximum atomic E-state index is 12.5. The molecule has 0 atom stereocenters. The second kappa shape index (κ2) is 9.95. The maximum absolute atomic E-state index is 12.5. The van der Waals surface area contributed by atoms with Crippen LogP contribution in [0.25, 0.3) is 0 Å². The first-order valence-electron chi connectivity index (χ1n) is 9.57. The topological polar surface area (TPSA) is 95.5 Å². The zero-order valence-electron chi connectivity index (χ0n) is 17.1. The number of carbonyl (C=O) groups is 3. The fourth-order valence-electron chi connectivity index (χ4n) is 3.02. The number of anilines is 2. The third kappa shape index (κ3) is 5.96. The molecule has 3 aromatic rings. The first kappa shape index (κ1) is 22.1. The SMILES string of the molecule is Cc1ccc(NC(=O)CSc2cccc(NC(=O)c3ccccc3C(=O)O)c2)c(C)c1. The Morgan fingerprint density at radius 1 is 0.871 bits per heavy atom. The van der Waals surface area contributed by atoms with Crippen molar-refractivity contribution < 1.29 is 19.5 Å². The standard InChI is InChI=1S/C24H22N2O4S/c1-15-10-11-21(16(2)12-15)26-22(27)14-31-18-7-5-6-17(13-18)25-23(28)19-8-3-4-9-20(19)24(29)30/h3-13H,14H2,1-2H3,(H,25,28)(H,26,27)(H,29,30). The monoisotopic (exact) mass is 434 g/mol. The van der Waals surface area contributed by atoms with E-state index in [-0.39, 0.29) is 22.8 Å². The highest BCUT2D eigenvalue weighted by atomic mass is 32.2. The third-order valence-corrected chi connectivity index (χ3v) is 5.51. The van der Waals surface area contributed by atoms with Crippen LogP contribution in [-0.2, 0) is 4.79 Å². The van der Waals surface area contributed by atoms with Crippen molar-refractivity contribution in [1.82, 2.24) is 0 Å². The summed E-state index contributed by atoms with van der Waals surface area (Å²) in [4.78, 5) is 37.0. The molecule has 0 heterocycles. The van der Waals surface area contributed by atoms with Gasteiger partial charge in [0.15, 0.2) is 0 Å². The lowest BCUT2D eigenvalue weighted by Crippen LogP contribution is -2.16. The maximum Gasteiger partial charge on any atom is 0.336 e. The molecular weight excluding hydrogens is 412 g/mol. The molecule has 0 fully saturated rings. The number of hydrogen-bond acceptors (Lipinski definition) is 4. The Labute approximate surface area is 184 Å². The number of carboxylic acid groups (broad SMARTS) is 1. The summed E-state index contributed by atoms with van der Waals surface area (Å²) in [6, 6.07) is 19.0. The van der Waals surface area contributed by atoms with Crippen LogP contribution in [0.4, 0.5) is 11.4 Å². The van der Waals surface area contributed by atoms with Crippen LogP contribution in [0, 0.1) is 13.8 Å². The highest BCUT2D eigenvalue weighted by molar-refractivity contribution is 8.00. The van der Waals surface area contributed by atoms with Gasteiger partial charge in [-0.2, -0.15) is 0 Å². The van der Waals surface area contributed by atoms with Crippen LogP contribution in [0.1, 0.15) is 31.8 Å². The van der Waals surface area contributed by atoms with Crippen molar-refractivity contribution in [2.24, 2.45) is 0 Å². The van der Waals surface area contributed by atoms with Crippen LogP contribution >= 0.6 is 11.8 Å². The highest BCUT2D eigenvalue weighted by Gasteiger charge is 2.16. The molecule has 0 aliphatic rings. The van der Waals surface area contributed by atoms with E-state index in [4.69, 9.17) is 0 Å². The number of carboxylic acids is 1. The van der Waals surface area contributed by atoms with Gasteiger partial charge in [0, 0.05) is 16.3 Å². The summed E-state index contributed by atoms with van der Waals surface area (Å²) in [7, 11) is 0. The Hall–Kier alpha value is -3.58. The van der Waals surface area contributed by atoms with Gasteiger partial charge < -0.3 is 15.7 Å². The van der Waals surface area contributed by atoms with E-state index in [2.05, 4.69) is 10.6 Å². The first-order valence-corrected chi connectivity index (χ1v) is 10.6. The summed E-state index contributed by atoms with van der Waals surface area (Å²) in [6.07, 6.45) is 0. The number of aryl methyl sites for hydroxylation is 2. The summed E-state index contributed by atoms with van der Waals surface area (Å²) in [5.41, 5.74) is 3.47. The molecule has 0 saturated carbocycles. The van der Waals surface area contributed by atoms with Crippen molar-refractivity contribution in [3.05, 3.63) is 89.0 Å². The van der Waals surface area contributed by atoms with E-state index in [9.17, 15) is 19.5 Å².